The molecule has 3 N–H and O–H groups in total. The van der Waals surface area contributed by atoms with Gasteiger partial charge >= 0.3 is 6.03 Å². The summed E-state index contributed by atoms with van der Waals surface area (Å²) in [7, 11) is 3.21. The zero-order valence-electron chi connectivity index (χ0n) is 26.0. The summed E-state index contributed by atoms with van der Waals surface area (Å²) in [6.07, 6.45) is 5.68. The lowest BCUT2D eigenvalue weighted by Gasteiger charge is -2.32. The van der Waals surface area contributed by atoms with Crippen LogP contribution in [0.25, 0.3) is 10.9 Å². The van der Waals surface area contributed by atoms with Gasteiger partial charge in [-0.1, -0.05) is 12.1 Å². The number of methoxy groups -OCH3 is 1. The molecule has 1 atom stereocenters. The first kappa shape index (κ1) is 32.0. The molecule has 5 rings (SSSR count). The quantitative estimate of drug-likeness (QED) is 0.185. The van der Waals surface area contributed by atoms with Gasteiger partial charge in [0.05, 0.1) is 18.2 Å². The number of anilines is 1. The molecule has 1 aliphatic heterocycles. The van der Waals surface area contributed by atoms with Crippen LogP contribution in [-0.2, 0) is 4.74 Å². The monoisotopic (exact) mass is 615 g/mol. The van der Waals surface area contributed by atoms with Gasteiger partial charge in [-0.2, -0.15) is 0 Å². The van der Waals surface area contributed by atoms with E-state index in [9.17, 15) is 14.7 Å². The van der Waals surface area contributed by atoms with Crippen LogP contribution in [0.4, 0.5) is 10.6 Å². The second-order valence-corrected chi connectivity index (χ2v) is 11.3. The number of fused-ring (bicyclic) bond motifs is 1. The van der Waals surface area contributed by atoms with E-state index in [1.807, 2.05) is 43.3 Å². The number of ether oxygens (including phenoxy) is 3. The number of aromatic nitrogens is 2. The van der Waals surface area contributed by atoms with Crippen LogP contribution in [0.15, 0.2) is 67.0 Å². The van der Waals surface area contributed by atoms with Gasteiger partial charge in [0, 0.05) is 69.2 Å². The van der Waals surface area contributed by atoms with Crippen molar-refractivity contribution >= 4 is 28.7 Å². The van der Waals surface area contributed by atoms with Crippen molar-refractivity contribution in [2.45, 2.75) is 38.2 Å². The number of piperidine rings is 1. The molecule has 2 amide bonds. The summed E-state index contributed by atoms with van der Waals surface area (Å²) in [4.78, 5) is 32.0. The largest absolute Gasteiger partial charge is 0.490 e. The van der Waals surface area contributed by atoms with Gasteiger partial charge in [-0.05, 0) is 74.7 Å². The molecule has 238 valence electrons. The molecular weight excluding hydrogens is 574 g/mol. The van der Waals surface area contributed by atoms with Crippen LogP contribution in [0.2, 0.25) is 0 Å². The van der Waals surface area contributed by atoms with Crippen LogP contribution < -0.4 is 20.1 Å². The topological polar surface area (TPSA) is 127 Å². The van der Waals surface area contributed by atoms with Gasteiger partial charge in [0.25, 0.3) is 5.91 Å². The molecule has 1 unspecified atom stereocenters. The van der Waals surface area contributed by atoms with Gasteiger partial charge in [0.1, 0.15) is 11.6 Å². The minimum Gasteiger partial charge on any atom is -0.490 e. The first-order valence-electron chi connectivity index (χ1n) is 15.3. The number of carbonyl (C=O) groups is 2. The summed E-state index contributed by atoms with van der Waals surface area (Å²) < 4.78 is 18.9. The number of nitrogens with zero attached hydrogens (tertiary/aromatic N) is 3. The highest BCUT2D eigenvalue weighted by Gasteiger charge is 2.22. The van der Waals surface area contributed by atoms with Crippen molar-refractivity contribution in [1.82, 2.24) is 19.8 Å². The number of aliphatic hydroxyl groups is 1. The van der Waals surface area contributed by atoms with Crippen molar-refractivity contribution in [2.75, 3.05) is 52.3 Å². The van der Waals surface area contributed by atoms with Crippen LogP contribution in [0, 0.1) is 0 Å². The first-order valence-corrected chi connectivity index (χ1v) is 15.3. The van der Waals surface area contributed by atoms with E-state index in [2.05, 4.69) is 20.5 Å². The van der Waals surface area contributed by atoms with Crippen molar-refractivity contribution < 1.29 is 28.9 Å². The number of nitrogens with one attached hydrogen (secondary N) is 2. The minimum absolute atomic E-state index is 0.262. The molecule has 1 aliphatic rings. The van der Waals surface area contributed by atoms with Crippen LogP contribution in [0.5, 0.6) is 17.2 Å². The Labute approximate surface area is 263 Å². The lowest BCUT2D eigenvalue weighted by molar-refractivity contribution is 0.102. The predicted molar refractivity (Wildman–Crippen MR) is 173 cm³/mol. The van der Waals surface area contributed by atoms with E-state index >= 15 is 0 Å². The zero-order chi connectivity index (χ0) is 31.8. The van der Waals surface area contributed by atoms with Gasteiger partial charge < -0.3 is 34.9 Å². The number of β-amino-alcohol motifs (C(OH)–C–C–N with tert-alkyl or cyclic N) is 1. The molecule has 1 saturated heterocycles. The van der Waals surface area contributed by atoms with E-state index in [0.717, 1.165) is 31.3 Å². The molecule has 4 aromatic rings. The Morgan fingerprint density at radius 2 is 1.82 bits per heavy atom. The number of rotatable bonds is 12. The summed E-state index contributed by atoms with van der Waals surface area (Å²) in [5.41, 5.74) is 2.44. The van der Waals surface area contributed by atoms with Gasteiger partial charge in [-0.3, -0.25) is 9.36 Å². The standard InChI is InChI=1S/C34H41N5O6/c1-23(40)22-38-14-10-25(11-15-38)24-5-7-26(8-6-24)33(41)37-32-20-28(9-13-36-32)45-31-19-27-12-16-39(34(42)35-2)29(27)21-30(31)44-18-4-17-43-3/h5-9,12-13,16,19-21,23,25,40H,4,10-11,14-15,17-18,22H2,1-3H3,(H,35,42)(H,36,37,41). The molecule has 2 aromatic heterocycles. The van der Waals surface area contributed by atoms with Gasteiger partial charge in [-0.25, -0.2) is 9.78 Å². The van der Waals surface area contributed by atoms with Gasteiger partial charge in [0.2, 0.25) is 0 Å². The minimum atomic E-state index is -0.317. The number of pyridine rings is 1. The Hall–Kier alpha value is -4.45. The highest BCUT2D eigenvalue weighted by Crippen LogP contribution is 2.37. The maximum atomic E-state index is 13.1. The molecule has 45 heavy (non-hydrogen) atoms. The maximum absolute atomic E-state index is 13.1. The van der Waals surface area contributed by atoms with Crippen molar-refractivity contribution in [1.29, 1.82) is 0 Å². The Kier molecular flexibility index (Phi) is 10.7. The Bertz CT molecular complexity index is 1590. The lowest BCUT2D eigenvalue weighted by atomic mass is 9.89. The molecule has 2 aromatic carbocycles. The van der Waals surface area contributed by atoms with Crippen LogP contribution in [0.3, 0.4) is 0 Å². The molecule has 11 nitrogen and oxygen atoms in total. The third-order valence-electron chi connectivity index (χ3n) is 7.89. The van der Waals surface area contributed by atoms with E-state index < -0.39 is 0 Å². The normalized spacial score (nSPS) is 14.7. The Balaban J connectivity index is 1.26. The number of hydrogen-bond acceptors (Lipinski definition) is 8. The van der Waals surface area contributed by atoms with Crippen LogP contribution in [0.1, 0.15) is 48.0 Å². The highest BCUT2D eigenvalue weighted by atomic mass is 16.5. The van der Waals surface area contributed by atoms with Crippen LogP contribution in [-0.4, -0.2) is 84.6 Å². The third-order valence-corrected chi connectivity index (χ3v) is 7.89. The zero-order valence-corrected chi connectivity index (χ0v) is 26.0. The van der Waals surface area contributed by atoms with Gasteiger partial charge in [-0.15, -0.1) is 0 Å². The summed E-state index contributed by atoms with van der Waals surface area (Å²) >= 11 is 0. The van der Waals surface area contributed by atoms with E-state index in [1.165, 1.54) is 10.1 Å². The predicted octanol–water partition coefficient (Wildman–Crippen LogP) is 5.24. The number of benzene rings is 2. The fourth-order valence-corrected chi connectivity index (χ4v) is 5.61. The molecule has 1 fully saturated rings. The molecule has 0 spiro atoms. The smallest absolute Gasteiger partial charge is 0.325 e. The average Bonchev–Trinajstić information content (AvgIpc) is 3.45. The van der Waals surface area contributed by atoms with Crippen molar-refractivity contribution in [3.63, 3.8) is 0 Å². The number of aliphatic hydroxyl groups excluding tert-OH is 1. The van der Waals surface area contributed by atoms with E-state index in [-0.39, 0.29) is 18.0 Å². The molecule has 0 aliphatic carbocycles. The summed E-state index contributed by atoms with van der Waals surface area (Å²) in [5, 5.41) is 16.0. The second-order valence-electron chi connectivity index (χ2n) is 11.3. The first-order chi connectivity index (χ1) is 21.8. The van der Waals surface area contributed by atoms with E-state index in [4.69, 9.17) is 14.2 Å². The SMILES string of the molecule is CNC(=O)n1ccc2cc(Oc3ccnc(NC(=O)c4ccc(C5CCN(CC(C)O)CC5)cc4)c3)c(OCCCOC)cc21. The number of amides is 2. The van der Waals surface area contributed by atoms with E-state index in [1.54, 1.807) is 44.8 Å². The molecule has 11 heteroatoms. The number of likely N-dealkylation sites (tertiary alicyclic amines) is 1. The number of hydrogen-bond donors (Lipinski definition) is 3. The van der Waals surface area contributed by atoms with Crippen molar-refractivity contribution in [2.24, 2.45) is 0 Å². The van der Waals surface area contributed by atoms with Crippen molar-refractivity contribution in [3.8, 4) is 17.2 Å². The Morgan fingerprint density at radius 1 is 1.04 bits per heavy atom. The lowest BCUT2D eigenvalue weighted by Crippen LogP contribution is -2.37. The number of carbonyl (C=O) groups excluding carboxylic acids is 2. The average molecular weight is 616 g/mol. The van der Waals surface area contributed by atoms with Gasteiger partial charge in [0.15, 0.2) is 11.5 Å². The van der Waals surface area contributed by atoms with E-state index in [0.29, 0.717) is 66.2 Å². The summed E-state index contributed by atoms with van der Waals surface area (Å²) in [6.45, 7) is 5.39. The summed E-state index contributed by atoms with van der Waals surface area (Å²) in [5.74, 6) is 1.92. The maximum Gasteiger partial charge on any atom is 0.325 e. The molecular formula is C34H41N5O6. The molecule has 0 saturated carbocycles. The molecule has 0 radical (unpaired) electrons. The summed E-state index contributed by atoms with van der Waals surface area (Å²) in [6, 6.07) is 16.3. The third kappa shape index (κ3) is 8.18. The second kappa shape index (κ2) is 15.0. The fraction of sp³-hybridized carbons (Fsp3) is 0.382. The Morgan fingerprint density at radius 3 is 2.53 bits per heavy atom. The highest BCUT2D eigenvalue weighted by molar-refractivity contribution is 6.03. The fourth-order valence-electron chi connectivity index (χ4n) is 5.61. The van der Waals surface area contributed by atoms with Crippen molar-refractivity contribution in [3.05, 3.63) is 78.1 Å². The molecule has 3 heterocycles. The molecule has 0 bridgehead atoms. The van der Waals surface area contributed by atoms with Crippen LogP contribution >= 0.6 is 0 Å².